The van der Waals surface area contributed by atoms with E-state index in [1.807, 2.05) is 48.5 Å². The lowest BCUT2D eigenvalue weighted by molar-refractivity contribution is -0.151. The minimum atomic E-state index is -0.915. The molecule has 0 spiro atoms. The van der Waals surface area contributed by atoms with Crippen molar-refractivity contribution >= 4 is 23.7 Å². The van der Waals surface area contributed by atoms with Gasteiger partial charge in [-0.15, -0.1) is 0 Å². The highest BCUT2D eigenvalue weighted by Gasteiger charge is 2.43. The van der Waals surface area contributed by atoms with E-state index in [9.17, 15) is 14.7 Å². The Balaban J connectivity index is 1.60. The van der Waals surface area contributed by atoms with E-state index >= 15 is 0 Å². The topological polar surface area (TPSA) is 66.8 Å². The first-order chi connectivity index (χ1) is 13.0. The fraction of sp³-hybridized carbons (Fsp3) is 0.333. The lowest BCUT2D eigenvalue weighted by atomic mass is 9.74. The molecule has 0 aromatic heterocycles. The summed E-state index contributed by atoms with van der Waals surface area (Å²) in [4.78, 5) is 25.9. The minimum Gasteiger partial charge on any atom is -0.481 e. The zero-order valence-corrected chi connectivity index (χ0v) is 15.7. The molecule has 142 valence electrons. The van der Waals surface area contributed by atoms with E-state index in [2.05, 4.69) is 0 Å². The van der Waals surface area contributed by atoms with Crippen LogP contribution in [0.2, 0.25) is 5.02 Å². The molecule has 1 amide bonds. The Kier molecular flexibility index (Phi) is 6.01. The molecule has 2 aromatic carbocycles. The van der Waals surface area contributed by atoms with Crippen LogP contribution in [0.3, 0.4) is 0 Å². The number of benzene rings is 2. The van der Waals surface area contributed by atoms with E-state index in [1.54, 1.807) is 11.0 Å². The fourth-order valence-corrected chi connectivity index (χ4v) is 3.60. The molecule has 0 atom stereocenters. The summed E-state index contributed by atoms with van der Waals surface area (Å²) in [5, 5.41) is 10.4. The van der Waals surface area contributed by atoms with E-state index in [-0.39, 0.29) is 6.61 Å². The number of carboxylic acids is 1. The Bertz CT molecular complexity index is 801. The van der Waals surface area contributed by atoms with Gasteiger partial charge in [-0.25, -0.2) is 4.79 Å². The summed E-state index contributed by atoms with van der Waals surface area (Å²) >= 11 is 6.21. The van der Waals surface area contributed by atoms with Crippen LogP contribution in [0, 0.1) is 5.41 Å². The number of rotatable bonds is 5. The van der Waals surface area contributed by atoms with Gasteiger partial charge >= 0.3 is 12.1 Å². The van der Waals surface area contributed by atoms with Crippen LogP contribution in [-0.4, -0.2) is 35.2 Å². The van der Waals surface area contributed by atoms with Crippen LogP contribution in [0.5, 0.6) is 0 Å². The highest BCUT2D eigenvalue weighted by atomic mass is 35.5. The highest BCUT2D eigenvalue weighted by molar-refractivity contribution is 6.31. The number of ether oxygens (including phenoxy) is 1. The normalized spacial score (nSPS) is 16.0. The van der Waals surface area contributed by atoms with Crippen LogP contribution in [0.1, 0.15) is 24.0 Å². The first-order valence-electron chi connectivity index (χ1n) is 8.93. The Morgan fingerprint density at radius 2 is 1.67 bits per heavy atom. The van der Waals surface area contributed by atoms with Gasteiger partial charge in [0.15, 0.2) is 0 Å². The number of likely N-dealkylation sites (tertiary alicyclic amines) is 1. The Morgan fingerprint density at radius 1 is 1.04 bits per heavy atom. The molecular formula is C21H22ClNO4. The molecule has 0 saturated carbocycles. The molecule has 1 fully saturated rings. The maximum absolute atomic E-state index is 12.3. The van der Waals surface area contributed by atoms with Gasteiger partial charge < -0.3 is 14.7 Å². The monoisotopic (exact) mass is 387 g/mol. The van der Waals surface area contributed by atoms with Gasteiger partial charge in [0, 0.05) is 18.1 Å². The quantitative estimate of drug-likeness (QED) is 0.826. The van der Waals surface area contributed by atoms with Gasteiger partial charge in [-0.3, -0.25) is 4.79 Å². The molecule has 6 heteroatoms. The van der Waals surface area contributed by atoms with Crippen molar-refractivity contribution < 1.29 is 19.4 Å². The lowest BCUT2D eigenvalue weighted by Crippen LogP contribution is -2.47. The molecule has 1 saturated heterocycles. The number of nitrogens with zero attached hydrogens (tertiary/aromatic N) is 1. The number of carboxylic acid groups (broad SMARTS) is 1. The largest absolute Gasteiger partial charge is 0.481 e. The summed E-state index contributed by atoms with van der Waals surface area (Å²) in [6.07, 6.45) is 0.687. The second-order valence-electron chi connectivity index (χ2n) is 6.88. The third kappa shape index (κ3) is 4.61. The van der Waals surface area contributed by atoms with E-state index < -0.39 is 17.5 Å². The minimum absolute atomic E-state index is 0.208. The summed E-state index contributed by atoms with van der Waals surface area (Å²) in [7, 11) is 0. The van der Waals surface area contributed by atoms with Gasteiger partial charge in [0.05, 0.1) is 5.41 Å². The van der Waals surface area contributed by atoms with Gasteiger partial charge in [0.2, 0.25) is 0 Å². The van der Waals surface area contributed by atoms with Crippen LogP contribution < -0.4 is 0 Å². The molecular weight excluding hydrogens is 366 g/mol. The molecule has 1 aliphatic heterocycles. The molecule has 27 heavy (non-hydrogen) atoms. The molecule has 1 aliphatic rings. The second kappa shape index (κ2) is 8.44. The molecule has 0 aliphatic carbocycles. The Morgan fingerprint density at radius 3 is 2.30 bits per heavy atom. The number of hydrogen-bond donors (Lipinski definition) is 1. The number of piperidine rings is 1. The predicted octanol–water partition coefficient (Wildman–Crippen LogP) is 4.39. The molecule has 1 N–H and O–H groups in total. The van der Waals surface area contributed by atoms with Gasteiger partial charge in [-0.05, 0) is 36.5 Å². The molecule has 0 radical (unpaired) electrons. The summed E-state index contributed by atoms with van der Waals surface area (Å²) in [5.41, 5.74) is 0.824. The predicted molar refractivity (Wildman–Crippen MR) is 103 cm³/mol. The number of hydrogen-bond acceptors (Lipinski definition) is 3. The number of carbonyl (C=O) groups excluding carboxylic acids is 1. The van der Waals surface area contributed by atoms with Crippen molar-refractivity contribution in [3.8, 4) is 0 Å². The maximum atomic E-state index is 12.3. The Labute approximate surface area is 163 Å². The smallest absolute Gasteiger partial charge is 0.410 e. The highest BCUT2D eigenvalue weighted by Crippen LogP contribution is 2.37. The third-order valence-electron chi connectivity index (χ3n) is 5.12. The van der Waals surface area contributed by atoms with E-state index in [0.29, 0.717) is 37.4 Å². The number of aliphatic carboxylic acids is 1. The van der Waals surface area contributed by atoms with Gasteiger partial charge in [-0.2, -0.15) is 0 Å². The summed E-state index contributed by atoms with van der Waals surface area (Å²) in [6.45, 7) is 0.911. The van der Waals surface area contributed by atoms with Crippen molar-refractivity contribution in [1.29, 1.82) is 0 Å². The SMILES string of the molecule is O=C(OCc1ccccc1)N1CCC(Cc2ccccc2Cl)(C(=O)O)CC1. The zero-order valence-electron chi connectivity index (χ0n) is 14.9. The third-order valence-corrected chi connectivity index (χ3v) is 5.49. The number of halogens is 1. The Hall–Kier alpha value is -2.53. The van der Waals surface area contributed by atoms with Crippen LogP contribution >= 0.6 is 11.6 Å². The van der Waals surface area contributed by atoms with Crippen LogP contribution in [0.15, 0.2) is 54.6 Å². The van der Waals surface area contributed by atoms with Crippen molar-refractivity contribution in [3.05, 3.63) is 70.7 Å². The molecule has 3 rings (SSSR count). The van der Waals surface area contributed by atoms with Crippen LogP contribution in [-0.2, 0) is 22.6 Å². The lowest BCUT2D eigenvalue weighted by Gasteiger charge is -2.38. The van der Waals surface area contributed by atoms with Gasteiger partial charge in [-0.1, -0.05) is 60.1 Å². The molecule has 1 heterocycles. The van der Waals surface area contributed by atoms with Crippen LogP contribution in [0.25, 0.3) is 0 Å². The first-order valence-corrected chi connectivity index (χ1v) is 9.30. The molecule has 2 aromatic rings. The van der Waals surface area contributed by atoms with E-state index in [0.717, 1.165) is 11.1 Å². The summed E-state index contributed by atoms with van der Waals surface area (Å²) in [6, 6.07) is 16.8. The molecule has 0 unspecified atom stereocenters. The van der Waals surface area contributed by atoms with Crippen molar-refractivity contribution in [2.24, 2.45) is 5.41 Å². The van der Waals surface area contributed by atoms with E-state index in [1.165, 1.54) is 0 Å². The van der Waals surface area contributed by atoms with Gasteiger partial charge in [0.1, 0.15) is 6.61 Å². The van der Waals surface area contributed by atoms with Crippen molar-refractivity contribution in [3.63, 3.8) is 0 Å². The standard InChI is InChI=1S/C21H22ClNO4/c22-18-9-5-4-8-17(18)14-21(19(24)25)10-12-23(13-11-21)20(26)27-15-16-6-2-1-3-7-16/h1-9H,10-15H2,(H,24,25). The molecule has 5 nitrogen and oxygen atoms in total. The summed E-state index contributed by atoms with van der Waals surface area (Å²) in [5.74, 6) is -0.847. The van der Waals surface area contributed by atoms with Crippen molar-refractivity contribution in [2.75, 3.05) is 13.1 Å². The number of amides is 1. The van der Waals surface area contributed by atoms with Crippen molar-refractivity contribution in [2.45, 2.75) is 25.9 Å². The fourth-order valence-electron chi connectivity index (χ4n) is 3.40. The van der Waals surface area contributed by atoms with E-state index in [4.69, 9.17) is 16.3 Å². The van der Waals surface area contributed by atoms with Gasteiger partial charge in [0.25, 0.3) is 0 Å². The summed E-state index contributed by atoms with van der Waals surface area (Å²) < 4.78 is 5.35. The number of carbonyl (C=O) groups is 2. The average molecular weight is 388 g/mol. The first kappa shape index (κ1) is 19.2. The zero-order chi connectivity index (χ0) is 19.3. The van der Waals surface area contributed by atoms with Crippen LogP contribution in [0.4, 0.5) is 4.79 Å². The second-order valence-corrected chi connectivity index (χ2v) is 7.29. The molecule has 0 bridgehead atoms. The maximum Gasteiger partial charge on any atom is 0.410 e. The van der Waals surface area contributed by atoms with Crippen molar-refractivity contribution in [1.82, 2.24) is 4.90 Å². The average Bonchev–Trinajstić information content (AvgIpc) is 2.69.